The first-order valence-electron chi connectivity index (χ1n) is 7.19. The molecule has 0 radical (unpaired) electrons. The number of carbonyl (C=O) groups excluding carboxylic acids is 1. The van der Waals surface area contributed by atoms with Crippen LogP contribution in [0.2, 0.25) is 0 Å². The van der Waals surface area contributed by atoms with Gasteiger partial charge in [-0.1, -0.05) is 47.6 Å². The minimum absolute atomic E-state index is 0.219. The summed E-state index contributed by atoms with van der Waals surface area (Å²) in [5.41, 5.74) is 0. The summed E-state index contributed by atoms with van der Waals surface area (Å²) < 4.78 is 14.2. The van der Waals surface area contributed by atoms with Crippen LogP contribution in [-0.2, 0) is 19.0 Å². The zero-order valence-electron chi connectivity index (χ0n) is 13.2. The molecule has 2 atom stereocenters. The van der Waals surface area contributed by atoms with Crippen molar-refractivity contribution in [2.75, 3.05) is 13.2 Å². The summed E-state index contributed by atoms with van der Waals surface area (Å²) in [6, 6.07) is 0. The molecule has 0 unspecified atom stereocenters. The normalized spacial score (nSPS) is 13.9. The van der Waals surface area contributed by atoms with Gasteiger partial charge < -0.3 is 14.2 Å². The number of halogens is 3. The van der Waals surface area contributed by atoms with E-state index < -0.39 is 9.76 Å². The van der Waals surface area contributed by atoms with Crippen molar-refractivity contribution in [3.8, 4) is 11.8 Å². The second-order valence-electron chi connectivity index (χ2n) is 4.71. The molecular weight excluding hydrogens is 351 g/mol. The molecule has 0 aliphatic carbocycles. The lowest BCUT2D eigenvalue weighted by molar-refractivity contribution is -0.147. The highest BCUT2D eigenvalue weighted by atomic mass is 35.6. The molecule has 0 fully saturated rings. The van der Waals surface area contributed by atoms with E-state index in [9.17, 15) is 4.79 Å². The van der Waals surface area contributed by atoms with E-state index in [1.807, 2.05) is 13.8 Å². The molecule has 0 saturated heterocycles. The van der Waals surface area contributed by atoms with Gasteiger partial charge in [-0.15, -0.1) is 5.92 Å². The van der Waals surface area contributed by atoms with E-state index in [1.54, 1.807) is 6.92 Å². The van der Waals surface area contributed by atoms with E-state index in [-0.39, 0.29) is 18.8 Å². The van der Waals surface area contributed by atoms with Crippen molar-refractivity contribution in [2.45, 2.75) is 62.6 Å². The van der Waals surface area contributed by atoms with Crippen LogP contribution < -0.4 is 0 Å². The van der Waals surface area contributed by atoms with Crippen molar-refractivity contribution in [1.29, 1.82) is 0 Å². The third-order valence-corrected chi connectivity index (χ3v) is 2.73. The fourth-order valence-electron chi connectivity index (χ4n) is 1.38. The van der Waals surface area contributed by atoms with E-state index in [1.165, 1.54) is 0 Å². The Morgan fingerprint density at radius 2 is 1.77 bits per heavy atom. The molecule has 0 rings (SSSR count). The molecule has 0 aromatic rings. The Morgan fingerprint density at radius 1 is 1.14 bits per heavy atom. The molecule has 0 amide bonds. The molecule has 0 aliphatic rings. The van der Waals surface area contributed by atoms with E-state index in [0.717, 1.165) is 6.42 Å². The number of ether oxygens (including phenoxy) is 3. The maximum absolute atomic E-state index is 11.4. The summed E-state index contributed by atoms with van der Waals surface area (Å²) in [5, 5.41) is 0. The second-order valence-corrected chi connectivity index (χ2v) is 7.23. The highest BCUT2D eigenvalue weighted by molar-refractivity contribution is 6.68. The predicted molar refractivity (Wildman–Crippen MR) is 89.1 cm³/mol. The van der Waals surface area contributed by atoms with Crippen molar-refractivity contribution in [3.05, 3.63) is 0 Å². The lowest BCUT2D eigenvalue weighted by Crippen LogP contribution is -2.19. The summed E-state index contributed by atoms with van der Waals surface area (Å²) in [6.07, 6.45) is 1.13. The van der Waals surface area contributed by atoms with Crippen LogP contribution in [0.4, 0.5) is 0 Å². The minimum atomic E-state index is -1.63. The Balaban J connectivity index is 3.75. The first kappa shape index (κ1) is 21.8. The van der Waals surface area contributed by atoms with Crippen molar-refractivity contribution in [2.24, 2.45) is 0 Å². The van der Waals surface area contributed by atoms with Gasteiger partial charge in [0.1, 0.15) is 6.10 Å². The number of esters is 1. The van der Waals surface area contributed by atoms with Gasteiger partial charge in [0.25, 0.3) is 0 Å². The molecule has 7 heteroatoms. The maximum atomic E-state index is 11.4. The largest absolute Gasteiger partial charge is 0.462 e. The molecule has 0 N–H and O–H groups in total. The smallest absolute Gasteiger partial charge is 0.310 e. The molecule has 128 valence electrons. The average Bonchev–Trinajstić information content (AvgIpc) is 2.37. The first-order valence-corrected chi connectivity index (χ1v) is 8.33. The van der Waals surface area contributed by atoms with Crippen LogP contribution in [0.15, 0.2) is 0 Å². The molecule has 0 bridgehead atoms. The summed E-state index contributed by atoms with van der Waals surface area (Å²) in [6.45, 7) is 6.82. The third-order valence-electron chi connectivity index (χ3n) is 2.33. The van der Waals surface area contributed by atoms with Gasteiger partial charge in [0.2, 0.25) is 3.79 Å². The highest BCUT2D eigenvalue weighted by Crippen LogP contribution is 2.30. The van der Waals surface area contributed by atoms with Gasteiger partial charge in [-0.3, -0.25) is 4.79 Å². The molecule has 4 nitrogen and oxygen atoms in total. The summed E-state index contributed by atoms with van der Waals surface area (Å²) in [4.78, 5) is 11.4. The van der Waals surface area contributed by atoms with Gasteiger partial charge >= 0.3 is 5.97 Å². The van der Waals surface area contributed by atoms with Crippen LogP contribution >= 0.6 is 34.8 Å². The van der Waals surface area contributed by atoms with Crippen LogP contribution in [-0.4, -0.2) is 35.4 Å². The van der Waals surface area contributed by atoms with Crippen LogP contribution in [0.3, 0.4) is 0 Å². The molecule has 0 aromatic carbocycles. The zero-order chi connectivity index (χ0) is 17.0. The lowest BCUT2D eigenvalue weighted by Gasteiger charge is -2.13. The quantitative estimate of drug-likeness (QED) is 0.199. The Kier molecular flexibility index (Phi) is 12.2. The summed E-state index contributed by atoms with van der Waals surface area (Å²) >= 11 is 16.5. The predicted octanol–water partition coefficient (Wildman–Crippen LogP) is 4.25. The number of carbonyl (C=O) groups is 1. The Labute approximate surface area is 147 Å². The van der Waals surface area contributed by atoms with Crippen molar-refractivity contribution >= 4 is 40.8 Å². The van der Waals surface area contributed by atoms with E-state index in [4.69, 9.17) is 49.0 Å². The first-order chi connectivity index (χ1) is 10.2. The van der Waals surface area contributed by atoms with Gasteiger partial charge in [-0.2, -0.15) is 0 Å². The summed E-state index contributed by atoms with van der Waals surface area (Å²) in [5.74, 6) is 5.32. The molecule has 0 aromatic heterocycles. The monoisotopic (exact) mass is 372 g/mol. The zero-order valence-corrected chi connectivity index (χ0v) is 15.4. The number of hydrogen-bond acceptors (Lipinski definition) is 4. The second kappa shape index (κ2) is 12.3. The van der Waals surface area contributed by atoms with Gasteiger partial charge in [0, 0.05) is 19.4 Å². The Bertz CT molecular complexity index is 371. The highest BCUT2D eigenvalue weighted by Gasteiger charge is 2.25. The van der Waals surface area contributed by atoms with E-state index in [2.05, 4.69) is 11.8 Å². The fraction of sp³-hybridized carbons (Fsp3) is 0.800. The number of rotatable bonds is 9. The molecule has 0 aliphatic heterocycles. The van der Waals surface area contributed by atoms with Crippen molar-refractivity contribution in [1.82, 2.24) is 0 Å². The SMILES string of the molecule is CCCO[C@H](C)OCCC#CC[C@H](C)OC(=O)CC(Cl)(Cl)Cl. The summed E-state index contributed by atoms with van der Waals surface area (Å²) in [7, 11) is 0. The molecular formula is C15H23Cl3O4. The molecule has 0 heterocycles. The van der Waals surface area contributed by atoms with Gasteiger partial charge in [0.15, 0.2) is 6.29 Å². The van der Waals surface area contributed by atoms with Crippen LogP contribution in [0.25, 0.3) is 0 Å². The lowest BCUT2D eigenvalue weighted by atomic mass is 10.3. The topological polar surface area (TPSA) is 44.8 Å². The third kappa shape index (κ3) is 14.7. The van der Waals surface area contributed by atoms with Crippen molar-refractivity contribution in [3.63, 3.8) is 0 Å². The van der Waals surface area contributed by atoms with Crippen LogP contribution in [0, 0.1) is 11.8 Å². The molecule has 22 heavy (non-hydrogen) atoms. The molecule has 0 saturated carbocycles. The van der Waals surface area contributed by atoms with E-state index in [0.29, 0.717) is 26.1 Å². The van der Waals surface area contributed by atoms with Crippen LogP contribution in [0.5, 0.6) is 0 Å². The average molecular weight is 374 g/mol. The number of alkyl halides is 3. The Hall–Kier alpha value is -0.180. The Morgan fingerprint density at radius 3 is 2.36 bits per heavy atom. The molecule has 0 spiro atoms. The van der Waals surface area contributed by atoms with E-state index >= 15 is 0 Å². The van der Waals surface area contributed by atoms with Gasteiger partial charge in [-0.05, 0) is 20.3 Å². The minimum Gasteiger partial charge on any atom is -0.462 e. The standard InChI is InChI=1S/C15H23Cl3O4/c1-4-9-20-13(3)21-10-7-5-6-8-12(2)22-14(19)11-15(16,17)18/h12-13H,4,7-11H2,1-3H3/t12-,13-/m0/s1. The fourth-order valence-corrected chi connectivity index (χ4v) is 1.71. The van der Waals surface area contributed by atoms with Crippen LogP contribution in [0.1, 0.15) is 46.5 Å². The van der Waals surface area contributed by atoms with Gasteiger partial charge in [0.05, 0.1) is 13.0 Å². The maximum Gasteiger partial charge on any atom is 0.310 e. The van der Waals surface area contributed by atoms with Crippen molar-refractivity contribution < 1.29 is 19.0 Å². The number of hydrogen-bond donors (Lipinski definition) is 0. The van der Waals surface area contributed by atoms with Gasteiger partial charge in [-0.25, -0.2) is 0 Å².